The largest absolute Gasteiger partial charge is 0.396 e. The number of hydrogen-bond donors (Lipinski definition) is 1. The lowest BCUT2D eigenvalue weighted by Crippen LogP contribution is -2.38. The van der Waals surface area contributed by atoms with Crippen LogP contribution in [0.3, 0.4) is 0 Å². The Morgan fingerprint density at radius 2 is 2.33 bits per heavy atom. The summed E-state index contributed by atoms with van der Waals surface area (Å²) in [5.41, 5.74) is 0.0611. The molecule has 1 fully saturated rings. The molecule has 0 unspecified atom stereocenters. The van der Waals surface area contributed by atoms with Crippen molar-refractivity contribution in [1.82, 2.24) is 0 Å². The smallest absolute Gasteiger partial charge is 0.123 e. The van der Waals surface area contributed by atoms with Crippen molar-refractivity contribution in [1.29, 1.82) is 0 Å². The van der Waals surface area contributed by atoms with E-state index in [-0.39, 0.29) is 17.9 Å². The number of aliphatic hydroxyl groups is 1. The molecule has 0 aromatic heterocycles. The highest BCUT2D eigenvalue weighted by molar-refractivity contribution is 5.55. The molecule has 2 heteroatoms. The van der Waals surface area contributed by atoms with Crippen LogP contribution in [0, 0.1) is 11.3 Å². The minimum absolute atomic E-state index is 0.0611. The molecular weight excluding hydrogens is 116 g/mol. The molecule has 0 aromatic carbocycles. The third-order valence-electron chi connectivity index (χ3n) is 2.08. The van der Waals surface area contributed by atoms with Crippen molar-refractivity contribution in [2.75, 3.05) is 6.61 Å². The van der Waals surface area contributed by atoms with Crippen LogP contribution >= 0.6 is 0 Å². The lowest BCUT2D eigenvalue weighted by molar-refractivity contribution is -0.118. The van der Waals surface area contributed by atoms with E-state index in [2.05, 4.69) is 0 Å². The SMILES string of the molecule is CC1(CO)CC(C=O)C1. The maximum atomic E-state index is 10.1. The monoisotopic (exact) mass is 128 g/mol. The van der Waals surface area contributed by atoms with E-state index >= 15 is 0 Å². The molecule has 0 spiro atoms. The number of carbonyl (C=O) groups excluding carboxylic acids is 1. The molecule has 1 N–H and O–H groups in total. The highest BCUT2D eigenvalue weighted by Crippen LogP contribution is 2.43. The molecule has 2 nitrogen and oxygen atoms in total. The van der Waals surface area contributed by atoms with Crippen molar-refractivity contribution in [3.8, 4) is 0 Å². The van der Waals surface area contributed by atoms with Gasteiger partial charge in [-0.05, 0) is 18.3 Å². The van der Waals surface area contributed by atoms with Crippen molar-refractivity contribution >= 4 is 6.29 Å². The van der Waals surface area contributed by atoms with Crippen molar-refractivity contribution in [3.05, 3.63) is 0 Å². The zero-order chi connectivity index (χ0) is 6.91. The molecule has 1 aliphatic carbocycles. The van der Waals surface area contributed by atoms with Crippen LogP contribution in [-0.4, -0.2) is 18.0 Å². The zero-order valence-electron chi connectivity index (χ0n) is 5.63. The quantitative estimate of drug-likeness (QED) is 0.553. The highest BCUT2D eigenvalue weighted by Gasteiger charge is 2.39. The summed E-state index contributed by atoms with van der Waals surface area (Å²) in [4.78, 5) is 10.1. The molecule has 1 aliphatic rings. The summed E-state index contributed by atoms with van der Waals surface area (Å²) in [6.45, 7) is 2.23. The van der Waals surface area contributed by atoms with Crippen LogP contribution in [-0.2, 0) is 4.79 Å². The van der Waals surface area contributed by atoms with E-state index in [1.807, 2.05) is 6.92 Å². The Bertz CT molecular complexity index is 114. The van der Waals surface area contributed by atoms with Crippen LogP contribution in [0.5, 0.6) is 0 Å². The first kappa shape index (κ1) is 6.75. The van der Waals surface area contributed by atoms with Gasteiger partial charge in [-0.2, -0.15) is 0 Å². The van der Waals surface area contributed by atoms with E-state index in [4.69, 9.17) is 5.11 Å². The van der Waals surface area contributed by atoms with E-state index in [9.17, 15) is 4.79 Å². The first-order valence-corrected chi connectivity index (χ1v) is 3.26. The van der Waals surface area contributed by atoms with Crippen LogP contribution in [0.2, 0.25) is 0 Å². The van der Waals surface area contributed by atoms with Gasteiger partial charge in [-0.15, -0.1) is 0 Å². The second-order valence-electron chi connectivity index (χ2n) is 3.27. The Balaban J connectivity index is 2.32. The van der Waals surface area contributed by atoms with Crippen LogP contribution in [0.4, 0.5) is 0 Å². The van der Waals surface area contributed by atoms with Crippen LogP contribution in [0.25, 0.3) is 0 Å². The summed E-state index contributed by atoms with van der Waals surface area (Å²) >= 11 is 0. The molecule has 9 heavy (non-hydrogen) atoms. The average molecular weight is 128 g/mol. The molecule has 1 saturated carbocycles. The van der Waals surface area contributed by atoms with Gasteiger partial charge < -0.3 is 9.90 Å². The average Bonchev–Trinajstić information content (AvgIpc) is 1.81. The Morgan fingerprint density at radius 3 is 2.67 bits per heavy atom. The van der Waals surface area contributed by atoms with Gasteiger partial charge in [0.05, 0.1) is 0 Å². The fourth-order valence-corrected chi connectivity index (χ4v) is 1.43. The number of rotatable bonds is 2. The first-order chi connectivity index (χ1) is 4.20. The van der Waals surface area contributed by atoms with E-state index in [1.54, 1.807) is 0 Å². The number of aldehydes is 1. The lowest BCUT2D eigenvalue weighted by Gasteiger charge is -2.41. The third kappa shape index (κ3) is 1.13. The van der Waals surface area contributed by atoms with E-state index < -0.39 is 0 Å². The van der Waals surface area contributed by atoms with Crippen molar-refractivity contribution < 1.29 is 9.90 Å². The van der Waals surface area contributed by atoms with E-state index in [0.29, 0.717) is 0 Å². The normalized spacial score (nSPS) is 41.8. The van der Waals surface area contributed by atoms with Gasteiger partial charge in [-0.3, -0.25) is 0 Å². The predicted molar refractivity (Wildman–Crippen MR) is 34.0 cm³/mol. The van der Waals surface area contributed by atoms with Crippen molar-refractivity contribution in [3.63, 3.8) is 0 Å². The van der Waals surface area contributed by atoms with Gasteiger partial charge in [0, 0.05) is 12.5 Å². The molecule has 0 bridgehead atoms. The summed E-state index contributed by atoms with van der Waals surface area (Å²) in [7, 11) is 0. The van der Waals surface area contributed by atoms with Gasteiger partial charge >= 0.3 is 0 Å². The molecular formula is C7H12O2. The molecule has 0 saturated heterocycles. The summed E-state index contributed by atoms with van der Waals surface area (Å²) in [5.74, 6) is 0.224. The maximum absolute atomic E-state index is 10.1. The summed E-state index contributed by atoms with van der Waals surface area (Å²) in [5, 5.41) is 8.74. The second-order valence-corrected chi connectivity index (χ2v) is 3.27. The summed E-state index contributed by atoms with van der Waals surface area (Å²) in [6, 6.07) is 0. The van der Waals surface area contributed by atoms with Crippen molar-refractivity contribution in [2.45, 2.75) is 19.8 Å². The standard InChI is InChI=1S/C7H12O2/c1-7(5-9)2-6(3-7)4-8/h4,6,9H,2-3,5H2,1H3. The Morgan fingerprint density at radius 1 is 1.78 bits per heavy atom. The predicted octanol–water partition coefficient (Wildman–Crippen LogP) is 0.594. The zero-order valence-corrected chi connectivity index (χ0v) is 5.63. The van der Waals surface area contributed by atoms with Crippen LogP contribution in [0.15, 0.2) is 0 Å². The van der Waals surface area contributed by atoms with Gasteiger partial charge in [0.25, 0.3) is 0 Å². The minimum atomic E-state index is 0.0611. The van der Waals surface area contributed by atoms with Gasteiger partial charge in [-0.1, -0.05) is 6.92 Å². The summed E-state index contributed by atoms with van der Waals surface area (Å²) in [6.07, 6.45) is 2.72. The molecule has 52 valence electrons. The van der Waals surface area contributed by atoms with Crippen LogP contribution < -0.4 is 0 Å². The van der Waals surface area contributed by atoms with Crippen molar-refractivity contribution in [2.24, 2.45) is 11.3 Å². The number of aliphatic hydroxyl groups excluding tert-OH is 1. The number of carbonyl (C=O) groups is 1. The molecule has 0 aromatic rings. The van der Waals surface area contributed by atoms with Gasteiger partial charge in [-0.25, -0.2) is 0 Å². The minimum Gasteiger partial charge on any atom is -0.396 e. The molecule has 0 aliphatic heterocycles. The fourth-order valence-electron chi connectivity index (χ4n) is 1.43. The van der Waals surface area contributed by atoms with Gasteiger partial charge in [0.15, 0.2) is 0 Å². The van der Waals surface area contributed by atoms with E-state index in [0.717, 1.165) is 19.1 Å². The molecule has 1 rings (SSSR count). The van der Waals surface area contributed by atoms with E-state index in [1.165, 1.54) is 0 Å². The Labute approximate surface area is 54.9 Å². The molecule has 0 heterocycles. The first-order valence-electron chi connectivity index (χ1n) is 3.26. The fraction of sp³-hybridized carbons (Fsp3) is 0.857. The Hall–Kier alpha value is -0.370. The third-order valence-corrected chi connectivity index (χ3v) is 2.08. The lowest BCUT2D eigenvalue weighted by atomic mass is 9.64. The van der Waals surface area contributed by atoms with Gasteiger partial charge in [0.2, 0.25) is 0 Å². The van der Waals surface area contributed by atoms with Crippen LogP contribution in [0.1, 0.15) is 19.8 Å². The molecule has 0 amide bonds. The van der Waals surface area contributed by atoms with Gasteiger partial charge in [0.1, 0.15) is 6.29 Å². The number of hydrogen-bond acceptors (Lipinski definition) is 2. The topological polar surface area (TPSA) is 37.3 Å². The molecule has 0 radical (unpaired) electrons. The highest BCUT2D eigenvalue weighted by atomic mass is 16.3. The second kappa shape index (κ2) is 2.10. The summed E-state index contributed by atoms with van der Waals surface area (Å²) < 4.78 is 0. The maximum Gasteiger partial charge on any atom is 0.123 e. The molecule has 0 atom stereocenters. The Kier molecular flexibility index (Phi) is 1.58.